The minimum atomic E-state index is 0.0322. The average molecular weight is 222 g/mol. The summed E-state index contributed by atoms with van der Waals surface area (Å²) in [5.74, 6) is 0.846. The lowest BCUT2D eigenvalue weighted by molar-refractivity contribution is 0.320. The molecule has 88 valence electrons. The van der Waals surface area contributed by atoms with Crippen LogP contribution < -0.4 is 4.74 Å². The molecule has 3 nitrogen and oxygen atoms in total. The highest BCUT2D eigenvalue weighted by molar-refractivity contribution is 5.58. The fourth-order valence-corrected chi connectivity index (χ4v) is 1.41. The van der Waals surface area contributed by atoms with Crippen molar-refractivity contribution in [1.82, 2.24) is 0 Å². The molecule has 0 aromatic heterocycles. The molecular weight excluding hydrogens is 204 g/mol. The highest BCUT2D eigenvalue weighted by atomic mass is 16.5. The Morgan fingerprint density at radius 1 is 1.44 bits per heavy atom. The molecule has 0 fully saturated rings. The Morgan fingerprint density at radius 3 is 2.56 bits per heavy atom. The van der Waals surface area contributed by atoms with Crippen LogP contribution in [0.5, 0.6) is 11.5 Å². The smallest absolute Gasteiger partial charge is 0.160 e. The maximum absolute atomic E-state index is 9.60. The van der Waals surface area contributed by atoms with Crippen molar-refractivity contribution >= 4 is 6.08 Å². The third-order valence-electron chi connectivity index (χ3n) is 2.48. The molecule has 1 aromatic carbocycles. The van der Waals surface area contributed by atoms with Crippen LogP contribution in [0.4, 0.5) is 0 Å². The number of aromatic hydroxyl groups is 1. The molecule has 0 aliphatic heterocycles. The summed E-state index contributed by atoms with van der Waals surface area (Å²) < 4.78 is 4.96. The van der Waals surface area contributed by atoms with Gasteiger partial charge < -0.3 is 14.9 Å². The zero-order valence-corrected chi connectivity index (χ0v) is 9.90. The largest absolute Gasteiger partial charge is 0.504 e. The molecule has 0 atom stereocenters. The van der Waals surface area contributed by atoms with Gasteiger partial charge in [0.1, 0.15) is 0 Å². The molecular formula is C13H18O3. The highest BCUT2D eigenvalue weighted by Crippen LogP contribution is 2.27. The third-order valence-corrected chi connectivity index (χ3v) is 2.48. The molecule has 0 saturated carbocycles. The van der Waals surface area contributed by atoms with Gasteiger partial charge in [-0.2, -0.15) is 0 Å². The molecule has 3 heteroatoms. The van der Waals surface area contributed by atoms with Crippen LogP contribution in [-0.4, -0.2) is 23.9 Å². The SMILES string of the molecule is COc1ccc(C=C(CO)C(C)C)cc1O. The summed E-state index contributed by atoms with van der Waals surface area (Å²) >= 11 is 0. The molecule has 0 radical (unpaired) electrons. The molecule has 16 heavy (non-hydrogen) atoms. The standard InChI is InChI=1S/C13H18O3/c1-9(2)11(8-14)6-10-4-5-13(16-3)12(15)7-10/h4-7,9,14-15H,8H2,1-3H3. The maximum Gasteiger partial charge on any atom is 0.160 e. The first-order valence-electron chi connectivity index (χ1n) is 5.26. The minimum absolute atomic E-state index is 0.0322. The lowest BCUT2D eigenvalue weighted by Crippen LogP contribution is -1.98. The van der Waals surface area contributed by atoms with Crippen molar-refractivity contribution in [2.45, 2.75) is 13.8 Å². The van der Waals surface area contributed by atoms with Gasteiger partial charge in [-0.15, -0.1) is 0 Å². The second-order valence-corrected chi connectivity index (χ2v) is 3.96. The monoisotopic (exact) mass is 222 g/mol. The number of aliphatic hydroxyl groups is 1. The number of hydrogen-bond acceptors (Lipinski definition) is 3. The predicted molar refractivity (Wildman–Crippen MR) is 64.6 cm³/mol. The molecule has 0 unspecified atom stereocenters. The van der Waals surface area contributed by atoms with E-state index >= 15 is 0 Å². The van der Waals surface area contributed by atoms with E-state index in [1.807, 2.05) is 26.0 Å². The molecule has 0 bridgehead atoms. The van der Waals surface area contributed by atoms with Gasteiger partial charge in [-0.05, 0) is 29.2 Å². The van der Waals surface area contributed by atoms with E-state index in [1.54, 1.807) is 12.1 Å². The van der Waals surface area contributed by atoms with Gasteiger partial charge in [-0.25, -0.2) is 0 Å². The number of hydrogen-bond donors (Lipinski definition) is 2. The summed E-state index contributed by atoms with van der Waals surface area (Å²) in [6.07, 6.45) is 1.88. The molecule has 2 N–H and O–H groups in total. The maximum atomic E-state index is 9.60. The van der Waals surface area contributed by atoms with Crippen LogP contribution in [0.25, 0.3) is 6.08 Å². The van der Waals surface area contributed by atoms with E-state index in [4.69, 9.17) is 4.74 Å². The highest BCUT2D eigenvalue weighted by Gasteiger charge is 2.04. The number of phenols is 1. The van der Waals surface area contributed by atoms with E-state index < -0.39 is 0 Å². The molecule has 0 amide bonds. The van der Waals surface area contributed by atoms with Crippen molar-refractivity contribution < 1.29 is 14.9 Å². The average Bonchev–Trinajstić information content (AvgIpc) is 2.25. The van der Waals surface area contributed by atoms with Crippen LogP contribution in [0.3, 0.4) is 0 Å². The van der Waals surface area contributed by atoms with Crippen LogP contribution >= 0.6 is 0 Å². The summed E-state index contributed by atoms with van der Waals surface area (Å²) in [6, 6.07) is 5.17. The Labute approximate surface area is 96.0 Å². The Balaban J connectivity index is 3.01. The van der Waals surface area contributed by atoms with Crippen LogP contribution in [0.15, 0.2) is 23.8 Å². The van der Waals surface area contributed by atoms with Crippen LogP contribution in [-0.2, 0) is 0 Å². The summed E-state index contributed by atoms with van der Waals surface area (Å²) in [5, 5.41) is 18.8. The Morgan fingerprint density at radius 2 is 2.12 bits per heavy atom. The second kappa shape index (κ2) is 5.56. The first kappa shape index (κ1) is 12.6. The second-order valence-electron chi connectivity index (χ2n) is 3.96. The van der Waals surface area contributed by atoms with Crippen molar-refractivity contribution in [1.29, 1.82) is 0 Å². The quantitative estimate of drug-likeness (QED) is 0.822. The van der Waals surface area contributed by atoms with Gasteiger partial charge in [0.15, 0.2) is 11.5 Å². The molecule has 0 saturated heterocycles. The first-order chi connectivity index (χ1) is 7.58. The third kappa shape index (κ3) is 3.00. The lowest BCUT2D eigenvalue weighted by Gasteiger charge is -2.09. The molecule has 0 aliphatic carbocycles. The molecule has 0 spiro atoms. The Kier molecular flexibility index (Phi) is 4.38. The molecule has 1 rings (SSSR count). The van der Waals surface area contributed by atoms with E-state index in [1.165, 1.54) is 7.11 Å². The number of rotatable bonds is 4. The van der Waals surface area contributed by atoms with E-state index in [9.17, 15) is 10.2 Å². The minimum Gasteiger partial charge on any atom is -0.504 e. The molecule has 0 aliphatic rings. The summed E-state index contributed by atoms with van der Waals surface area (Å²) in [5.41, 5.74) is 1.79. The van der Waals surface area contributed by atoms with E-state index in [0.717, 1.165) is 11.1 Å². The fraction of sp³-hybridized carbons (Fsp3) is 0.385. The Bertz CT molecular complexity index is 381. The van der Waals surface area contributed by atoms with Gasteiger partial charge in [-0.3, -0.25) is 0 Å². The Hall–Kier alpha value is -1.48. The van der Waals surface area contributed by atoms with Gasteiger partial charge in [0, 0.05) is 0 Å². The zero-order valence-electron chi connectivity index (χ0n) is 9.90. The first-order valence-corrected chi connectivity index (χ1v) is 5.26. The lowest BCUT2D eigenvalue weighted by atomic mass is 10.0. The summed E-state index contributed by atoms with van der Waals surface area (Å²) in [4.78, 5) is 0. The van der Waals surface area contributed by atoms with Crippen molar-refractivity contribution in [2.24, 2.45) is 5.92 Å². The summed E-state index contributed by atoms with van der Waals surface area (Å²) in [6.45, 7) is 4.07. The molecule has 0 heterocycles. The number of phenolic OH excluding ortho intramolecular Hbond substituents is 1. The topological polar surface area (TPSA) is 49.7 Å². The summed E-state index contributed by atoms with van der Waals surface area (Å²) in [7, 11) is 1.51. The van der Waals surface area contributed by atoms with Gasteiger partial charge in [-0.1, -0.05) is 26.0 Å². The zero-order chi connectivity index (χ0) is 12.1. The number of aliphatic hydroxyl groups excluding tert-OH is 1. The van der Waals surface area contributed by atoms with Crippen molar-refractivity contribution in [3.8, 4) is 11.5 Å². The van der Waals surface area contributed by atoms with Crippen LogP contribution in [0.2, 0.25) is 0 Å². The fourth-order valence-electron chi connectivity index (χ4n) is 1.41. The number of methoxy groups -OCH3 is 1. The van der Waals surface area contributed by atoms with E-state index in [0.29, 0.717) is 5.75 Å². The van der Waals surface area contributed by atoms with Gasteiger partial charge in [0.05, 0.1) is 13.7 Å². The van der Waals surface area contributed by atoms with Crippen molar-refractivity contribution in [3.05, 3.63) is 29.3 Å². The normalized spacial score (nSPS) is 11.9. The predicted octanol–water partition coefficient (Wildman–Crippen LogP) is 2.43. The van der Waals surface area contributed by atoms with Gasteiger partial charge in [0.2, 0.25) is 0 Å². The molecule has 1 aromatic rings. The number of benzene rings is 1. The van der Waals surface area contributed by atoms with E-state index in [2.05, 4.69) is 0 Å². The van der Waals surface area contributed by atoms with Gasteiger partial charge >= 0.3 is 0 Å². The van der Waals surface area contributed by atoms with Crippen LogP contribution in [0, 0.1) is 5.92 Å². The van der Waals surface area contributed by atoms with E-state index in [-0.39, 0.29) is 18.3 Å². The van der Waals surface area contributed by atoms with Crippen LogP contribution in [0.1, 0.15) is 19.4 Å². The van der Waals surface area contributed by atoms with Gasteiger partial charge in [0.25, 0.3) is 0 Å². The number of ether oxygens (including phenoxy) is 1. The van der Waals surface area contributed by atoms with Crippen molar-refractivity contribution in [2.75, 3.05) is 13.7 Å². The van der Waals surface area contributed by atoms with Crippen molar-refractivity contribution in [3.63, 3.8) is 0 Å².